The average molecular weight is 308 g/mol. The van der Waals surface area contributed by atoms with E-state index in [-0.39, 0.29) is 11.8 Å². The van der Waals surface area contributed by atoms with Crippen molar-refractivity contribution in [2.45, 2.75) is 44.2 Å². The van der Waals surface area contributed by atoms with E-state index in [1.54, 1.807) is 4.31 Å². The lowest BCUT2D eigenvalue weighted by Crippen LogP contribution is -2.47. The molecule has 0 radical (unpaired) electrons. The second-order valence-corrected chi connectivity index (χ2v) is 8.12. The second-order valence-electron chi connectivity index (χ2n) is 6.07. The molecule has 4 nitrogen and oxygen atoms in total. The summed E-state index contributed by atoms with van der Waals surface area (Å²) in [4.78, 5) is 0. The lowest BCUT2D eigenvalue weighted by molar-refractivity contribution is 0.322. The predicted octanol–water partition coefficient (Wildman–Crippen LogP) is 1.78. The van der Waals surface area contributed by atoms with Crippen molar-refractivity contribution in [3.05, 3.63) is 35.9 Å². The monoisotopic (exact) mass is 308 g/mol. The summed E-state index contributed by atoms with van der Waals surface area (Å²) >= 11 is 0. The highest BCUT2D eigenvalue weighted by atomic mass is 32.2. The maximum absolute atomic E-state index is 12.7. The lowest BCUT2D eigenvalue weighted by atomic mass is 10.1. The number of sulfonamides is 1. The summed E-state index contributed by atoms with van der Waals surface area (Å²) in [5.41, 5.74) is 1.09. The summed E-state index contributed by atoms with van der Waals surface area (Å²) in [6.07, 6.45) is 4.87. The van der Waals surface area contributed by atoms with Crippen LogP contribution in [0.2, 0.25) is 0 Å². The molecular weight excluding hydrogens is 284 g/mol. The van der Waals surface area contributed by atoms with Gasteiger partial charge < -0.3 is 5.32 Å². The van der Waals surface area contributed by atoms with Gasteiger partial charge in [-0.05, 0) is 44.2 Å². The highest BCUT2D eigenvalue weighted by Crippen LogP contribution is 2.27. The zero-order valence-corrected chi connectivity index (χ0v) is 13.2. The van der Waals surface area contributed by atoms with Crippen LogP contribution < -0.4 is 5.32 Å². The van der Waals surface area contributed by atoms with Gasteiger partial charge in [-0.1, -0.05) is 30.3 Å². The fourth-order valence-corrected chi connectivity index (χ4v) is 5.36. The number of hydrogen-bond acceptors (Lipinski definition) is 3. The molecule has 1 aromatic rings. The van der Waals surface area contributed by atoms with Gasteiger partial charge in [-0.3, -0.25) is 0 Å². The third-order valence-corrected chi connectivity index (χ3v) is 6.55. The van der Waals surface area contributed by atoms with Crippen LogP contribution >= 0.6 is 0 Å². The van der Waals surface area contributed by atoms with Crippen molar-refractivity contribution in [3.63, 3.8) is 0 Å². The molecule has 5 heteroatoms. The van der Waals surface area contributed by atoms with E-state index in [1.807, 2.05) is 30.3 Å². The van der Waals surface area contributed by atoms with Crippen LogP contribution in [0.3, 0.4) is 0 Å². The Morgan fingerprint density at radius 3 is 2.67 bits per heavy atom. The molecule has 0 aliphatic carbocycles. The number of nitrogens with one attached hydrogen (secondary N) is 1. The van der Waals surface area contributed by atoms with E-state index in [0.717, 1.165) is 31.4 Å². The zero-order chi connectivity index (χ0) is 14.7. The molecule has 3 rings (SSSR count). The van der Waals surface area contributed by atoms with Crippen molar-refractivity contribution in [2.24, 2.45) is 0 Å². The van der Waals surface area contributed by atoms with E-state index in [2.05, 4.69) is 5.32 Å². The van der Waals surface area contributed by atoms with Crippen molar-refractivity contribution in [1.29, 1.82) is 0 Å². The molecule has 2 heterocycles. The Bertz CT molecular complexity index is 553. The average Bonchev–Trinajstić information content (AvgIpc) is 3.16. The van der Waals surface area contributed by atoms with Gasteiger partial charge in [0.1, 0.15) is 0 Å². The quantitative estimate of drug-likeness (QED) is 0.902. The first-order valence-corrected chi connectivity index (χ1v) is 9.54. The van der Waals surface area contributed by atoms with E-state index in [0.29, 0.717) is 19.0 Å². The Kier molecular flexibility index (Phi) is 4.62. The van der Waals surface area contributed by atoms with E-state index in [9.17, 15) is 8.42 Å². The fraction of sp³-hybridized carbons (Fsp3) is 0.625. The Balaban J connectivity index is 1.65. The predicted molar refractivity (Wildman–Crippen MR) is 84.7 cm³/mol. The molecule has 0 spiro atoms. The van der Waals surface area contributed by atoms with Gasteiger partial charge in [-0.15, -0.1) is 0 Å². The minimum Gasteiger partial charge on any atom is -0.312 e. The summed E-state index contributed by atoms with van der Waals surface area (Å²) in [5.74, 6) is 0.222. The highest BCUT2D eigenvalue weighted by molar-refractivity contribution is 7.89. The van der Waals surface area contributed by atoms with Crippen molar-refractivity contribution < 1.29 is 8.42 Å². The minimum atomic E-state index is -3.15. The van der Waals surface area contributed by atoms with Crippen LogP contribution in [-0.2, 0) is 16.4 Å². The van der Waals surface area contributed by atoms with Gasteiger partial charge in [-0.25, -0.2) is 8.42 Å². The van der Waals surface area contributed by atoms with Crippen molar-refractivity contribution >= 4 is 10.0 Å². The maximum atomic E-state index is 12.7. The summed E-state index contributed by atoms with van der Waals surface area (Å²) in [6, 6.07) is 10.4. The van der Waals surface area contributed by atoms with Crippen LogP contribution in [0, 0.1) is 0 Å². The van der Waals surface area contributed by atoms with Crippen molar-refractivity contribution in [2.75, 3.05) is 18.8 Å². The molecule has 2 unspecified atom stereocenters. The molecular formula is C16H24N2O2S. The number of nitrogens with zero attached hydrogens (tertiary/aromatic N) is 1. The molecule has 1 aromatic carbocycles. The summed E-state index contributed by atoms with van der Waals surface area (Å²) in [6.45, 7) is 1.72. The van der Waals surface area contributed by atoms with Gasteiger partial charge in [0.05, 0.1) is 5.75 Å². The number of hydrogen-bond donors (Lipinski definition) is 1. The zero-order valence-electron chi connectivity index (χ0n) is 12.4. The van der Waals surface area contributed by atoms with E-state index >= 15 is 0 Å². The van der Waals surface area contributed by atoms with Crippen LogP contribution in [0.15, 0.2) is 30.3 Å². The summed E-state index contributed by atoms with van der Waals surface area (Å²) in [7, 11) is -3.15. The molecule has 0 saturated carbocycles. The van der Waals surface area contributed by atoms with Crippen LogP contribution in [0.25, 0.3) is 0 Å². The van der Waals surface area contributed by atoms with Crippen LogP contribution in [0.4, 0.5) is 0 Å². The van der Waals surface area contributed by atoms with Crippen LogP contribution in [-0.4, -0.2) is 43.6 Å². The molecule has 0 bridgehead atoms. The summed E-state index contributed by atoms with van der Waals surface area (Å²) in [5, 5.41) is 3.47. The first-order chi connectivity index (χ1) is 10.2. The fourth-order valence-electron chi connectivity index (χ4n) is 3.56. The van der Waals surface area contributed by atoms with Gasteiger partial charge >= 0.3 is 0 Å². The van der Waals surface area contributed by atoms with Gasteiger partial charge in [0.2, 0.25) is 10.0 Å². The Morgan fingerprint density at radius 2 is 1.95 bits per heavy atom. The molecule has 1 N–H and O–H groups in total. The largest absolute Gasteiger partial charge is 0.312 e. The van der Waals surface area contributed by atoms with Gasteiger partial charge in [-0.2, -0.15) is 4.31 Å². The minimum absolute atomic E-state index is 0.174. The van der Waals surface area contributed by atoms with Gasteiger partial charge in [0.25, 0.3) is 0 Å². The Morgan fingerprint density at radius 1 is 1.14 bits per heavy atom. The van der Waals surface area contributed by atoms with E-state index in [1.165, 1.54) is 6.42 Å². The van der Waals surface area contributed by atoms with Gasteiger partial charge in [0, 0.05) is 18.6 Å². The molecule has 0 amide bonds. The highest BCUT2D eigenvalue weighted by Gasteiger charge is 2.39. The molecule has 2 fully saturated rings. The maximum Gasteiger partial charge on any atom is 0.214 e. The topological polar surface area (TPSA) is 49.4 Å². The van der Waals surface area contributed by atoms with Crippen LogP contribution in [0.1, 0.15) is 31.2 Å². The second kappa shape index (κ2) is 6.46. The molecule has 2 saturated heterocycles. The molecule has 116 valence electrons. The van der Waals surface area contributed by atoms with Crippen molar-refractivity contribution in [1.82, 2.24) is 9.62 Å². The van der Waals surface area contributed by atoms with Crippen molar-refractivity contribution in [3.8, 4) is 0 Å². The third-order valence-electron chi connectivity index (χ3n) is 4.66. The molecule has 2 aliphatic heterocycles. The lowest BCUT2D eigenvalue weighted by Gasteiger charge is -2.28. The Labute approximate surface area is 127 Å². The molecule has 2 aliphatic rings. The van der Waals surface area contributed by atoms with Gasteiger partial charge in [0.15, 0.2) is 0 Å². The van der Waals surface area contributed by atoms with Crippen LogP contribution in [0.5, 0.6) is 0 Å². The first-order valence-electron chi connectivity index (χ1n) is 7.94. The number of rotatable bonds is 5. The molecule has 2 atom stereocenters. The SMILES string of the molecule is O=S(=O)(CCc1ccccc1)N1CCCC1C1CCCN1. The molecule has 21 heavy (non-hydrogen) atoms. The molecule has 0 aromatic heterocycles. The van der Waals surface area contributed by atoms with E-state index in [4.69, 9.17) is 0 Å². The summed E-state index contributed by atoms with van der Waals surface area (Å²) < 4.78 is 27.1. The number of benzene rings is 1. The normalized spacial score (nSPS) is 27.2. The standard InChI is InChI=1S/C16H24N2O2S/c19-21(20,13-10-14-6-2-1-3-7-14)18-12-5-9-16(18)15-8-4-11-17-15/h1-3,6-7,15-17H,4-5,8-13H2. The third kappa shape index (κ3) is 3.47. The van der Waals surface area contributed by atoms with E-state index < -0.39 is 10.0 Å². The number of aryl methyl sites for hydroxylation is 1. The smallest absolute Gasteiger partial charge is 0.214 e. The first kappa shape index (κ1) is 15.0. The Hall–Kier alpha value is -0.910.